The topological polar surface area (TPSA) is 9.23 Å². The van der Waals surface area contributed by atoms with Gasteiger partial charge in [0.25, 0.3) is 0 Å². The Morgan fingerprint density at radius 2 is 1.70 bits per heavy atom. The second-order valence-corrected chi connectivity index (χ2v) is 8.58. The van der Waals surface area contributed by atoms with E-state index in [0.717, 1.165) is 28.2 Å². The summed E-state index contributed by atoms with van der Waals surface area (Å²) in [5.41, 5.74) is 1.90. The lowest BCUT2D eigenvalue weighted by Crippen LogP contribution is -2.09. The number of ether oxygens (including phenoxy) is 1. The summed E-state index contributed by atoms with van der Waals surface area (Å²) >= 11 is 1.59. The van der Waals surface area contributed by atoms with Crippen molar-refractivity contribution in [2.24, 2.45) is 5.92 Å². The summed E-state index contributed by atoms with van der Waals surface area (Å²) in [5, 5.41) is 0. The van der Waals surface area contributed by atoms with Crippen LogP contribution in [0.1, 0.15) is 58.9 Å². The fourth-order valence-electron chi connectivity index (χ4n) is 3.54. The minimum absolute atomic E-state index is 0.00108. The number of allylic oxidation sites excluding steroid dienone is 2. The highest BCUT2D eigenvalue weighted by Crippen LogP contribution is 2.35. The van der Waals surface area contributed by atoms with Gasteiger partial charge >= 0.3 is 0 Å². The maximum Gasteiger partial charge on any atom is 0.201 e. The van der Waals surface area contributed by atoms with Crippen molar-refractivity contribution in [2.45, 2.75) is 53.4 Å². The van der Waals surface area contributed by atoms with Crippen LogP contribution in [0.5, 0.6) is 5.75 Å². The number of benzene rings is 2. The molecule has 0 bridgehead atoms. The van der Waals surface area contributed by atoms with Crippen molar-refractivity contribution in [3.8, 4) is 16.9 Å². The Hall–Kier alpha value is -2.07. The molecule has 30 heavy (non-hydrogen) atoms. The minimum Gasteiger partial charge on any atom is -0.490 e. The smallest absolute Gasteiger partial charge is 0.201 e. The maximum atomic E-state index is 14.7. The van der Waals surface area contributed by atoms with E-state index in [9.17, 15) is 8.78 Å². The number of rotatable bonds is 7. The fraction of sp³-hybridized carbons (Fsp3) is 0.385. The molecule has 0 atom stereocenters. The Labute approximate surface area is 184 Å². The summed E-state index contributed by atoms with van der Waals surface area (Å²) in [6, 6.07) is 10.6. The van der Waals surface area contributed by atoms with Crippen LogP contribution in [-0.4, -0.2) is 6.61 Å². The monoisotopic (exact) mass is 430 g/mol. The first-order valence-electron chi connectivity index (χ1n) is 10.7. The molecule has 3 rings (SSSR count). The van der Waals surface area contributed by atoms with Crippen molar-refractivity contribution >= 4 is 16.7 Å². The first-order chi connectivity index (χ1) is 14.5. The van der Waals surface area contributed by atoms with Crippen LogP contribution >= 0.6 is 11.8 Å². The molecule has 162 valence electrons. The van der Waals surface area contributed by atoms with Gasteiger partial charge in [0, 0.05) is 10.5 Å². The molecule has 0 unspecified atom stereocenters. The highest BCUT2D eigenvalue weighted by Gasteiger charge is 2.19. The quantitative estimate of drug-likeness (QED) is 0.434. The molecule has 1 saturated carbocycles. The van der Waals surface area contributed by atoms with E-state index < -0.39 is 11.6 Å². The van der Waals surface area contributed by atoms with Crippen molar-refractivity contribution in [3.63, 3.8) is 0 Å². The average molecular weight is 431 g/mol. The number of thioether (sulfide) groups is 1. The maximum absolute atomic E-state index is 14.7. The zero-order valence-electron chi connectivity index (χ0n) is 18.4. The molecule has 1 aliphatic carbocycles. The predicted octanol–water partition coefficient (Wildman–Crippen LogP) is 8.85. The number of hydrogen-bond donors (Lipinski definition) is 0. The van der Waals surface area contributed by atoms with Crippen molar-refractivity contribution in [2.75, 3.05) is 6.61 Å². The van der Waals surface area contributed by atoms with E-state index in [1.165, 1.54) is 18.9 Å². The van der Waals surface area contributed by atoms with Gasteiger partial charge in [-0.1, -0.05) is 75.4 Å². The summed E-state index contributed by atoms with van der Waals surface area (Å²) in [6.07, 6.45) is 6.61. The molecule has 2 aromatic carbocycles. The zero-order valence-corrected chi connectivity index (χ0v) is 19.3. The van der Waals surface area contributed by atoms with Gasteiger partial charge in [0.05, 0.1) is 6.61 Å². The third-order valence-corrected chi connectivity index (χ3v) is 6.06. The van der Waals surface area contributed by atoms with Crippen LogP contribution < -0.4 is 4.74 Å². The standard InChI is InChI=1S/C24H26F2OS.C2H6/c1-4-22(28-16(2)3)19-11-9-18(10-12-19)20-13-14-21(24(26)23(20)25)27-15-17-7-5-6-8-17;1-2/h4,9-14,17H,2,5-8,15H2,1,3H3;1-2H3/b22-4-;. The van der Waals surface area contributed by atoms with Crippen LogP contribution in [0.2, 0.25) is 0 Å². The Bertz CT molecular complexity index is 865. The molecule has 0 aromatic heterocycles. The summed E-state index contributed by atoms with van der Waals surface area (Å²) < 4.78 is 34.7. The lowest BCUT2D eigenvalue weighted by Gasteiger charge is -2.14. The SMILES string of the molecule is C=C(C)S/C(=C\C)c1ccc(-c2ccc(OCC3CCCC3)c(F)c2F)cc1.CC. The Kier molecular flexibility index (Phi) is 9.64. The van der Waals surface area contributed by atoms with Crippen molar-refractivity contribution in [1.82, 2.24) is 0 Å². The second-order valence-electron chi connectivity index (χ2n) is 7.24. The van der Waals surface area contributed by atoms with E-state index in [0.29, 0.717) is 18.1 Å². The van der Waals surface area contributed by atoms with E-state index in [4.69, 9.17) is 4.74 Å². The molecule has 1 aliphatic rings. The Balaban J connectivity index is 0.00000155. The summed E-state index contributed by atoms with van der Waals surface area (Å²) in [7, 11) is 0. The number of halogens is 2. The molecule has 0 radical (unpaired) electrons. The molecule has 4 heteroatoms. The molecule has 0 N–H and O–H groups in total. The molecular weight excluding hydrogens is 398 g/mol. The van der Waals surface area contributed by atoms with Gasteiger partial charge in [-0.15, -0.1) is 0 Å². The van der Waals surface area contributed by atoms with Gasteiger partial charge in [0.2, 0.25) is 5.82 Å². The van der Waals surface area contributed by atoms with Gasteiger partial charge in [-0.2, -0.15) is 4.39 Å². The largest absolute Gasteiger partial charge is 0.490 e. The number of hydrogen-bond acceptors (Lipinski definition) is 2. The lowest BCUT2D eigenvalue weighted by atomic mass is 10.0. The van der Waals surface area contributed by atoms with Crippen molar-refractivity contribution in [1.29, 1.82) is 0 Å². The summed E-state index contributed by atoms with van der Waals surface area (Å²) in [5.74, 6) is -1.32. The molecule has 1 nitrogen and oxygen atoms in total. The molecule has 0 heterocycles. The van der Waals surface area contributed by atoms with Crippen LogP contribution in [0, 0.1) is 17.6 Å². The molecule has 0 spiro atoms. The van der Waals surface area contributed by atoms with Gasteiger partial charge in [-0.25, -0.2) is 4.39 Å². The lowest BCUT2D eigenvalue weighted by molar-refractivity contribution is 0.239. The molecule has 0 amide bonds. The Morgan fingerprint density at radius 1 is 1.07 bits per heavy atom. The van der Waals surface area contributed by atoms with Crippen LogP contribution in [0.3, 0.4) is 0 Å². The summed E-state index contributed by atoms with van der Waals surface area (Å²) in [4.78, 5) is 2.08. The van der Waals surface area contributed by atoms with E-state index in [1.54, 1.807) is 17.8 Å². The van der Waals surface area contributed by atoms with Crippen molar-refractivity contribution in [3.05, 3.63) is 71.2 Å². The van der Waals surface area contributed by atoms with Crippen LogP contribution in [0.4, 0.5) is 8.78 Å². The Morgan fingerprint density at radius 3 is 2.27 bits per heavy atom. The first kappa shape index (κ1) is 24.2. The molecule has 2 aromatic rings. The third-order valence-electron chi connectivity index (χ3n) is 5.02. The highest BCUT2D eigenvalue weighted by molar-refractivity contribution is 8.11. The highest BCUT2D eigenvalue weighted by atomic mass is 32.2. The van der Waals surface area contributed by atoms with E-state index in [-0.39, 0.29) is 11.3 Å². The van der Waals surface area contributed by atoms with E-state index >= 15 is 0 Å². The van der Waals surface area contributed by atoms with Gasteiger partial charge < -0.3 is 4.74 Å². The van der Waals surface area contributed by atoms with Gasteiger partial charge in [0.1, 0.15) is 0 Å². The molecule has 1 fully saturated rings. The van der Waals surface area contributed by atoms with E-state index in [1.807, 2.05) is 58.0 Å². The third kappa shape index (κ3) is 6.21. The van der Waals surface area contributed by atoms with Gasteiger partial charge in [-0.3, -0.25) is 0 Å². The molecule has 0 aliphatic heterocycles. The summed E-state index contributed by atoms with van der Waals surface area (Å²) in [6.45, 7) is 12.3. The fourth-order valence-corrected chi connectivity index (χ4v) is 4.28. The minimum atomic E-state index is -0.911. The molecule has 0 saturated heterocycles. The average Bonchev–Trinajstić information content (AvgIpc) is 3.28. The molecular formula is C26H32F2OS. The zero-order chi connectivity index (χ0) is 22.1. The van der Waals surface area contributed by atoms with E-state index in [2.05, 4.69) is 6.58 Å². The van der Waals surface area contributed by atoms with Crippen LogP contribution in [-0.2, 0) is 0 Å². The normalized spacial score (nSPS) is 14.3. The van der Waals surface area contributed by atoms with Gasteiger partial charge in [-0.05, 0) is 60.8 Å². The van der Waals surface area contributed by atoms with Crippen LogP contribution in [0.25, 0.3) is 16.0 Å². The van der Waals surface area contributed by atoms with Crippen LogP contribution in [0.15, 0.2) is 54.0 Å². The first-order valence-corrected chi connectivity index (χ1v) is 11.5. The predicted molar refractivity (Wildman–Crippen MR) is 127 cm³/mol. The van der Waals surface area contributed by atoms with Gasteiger partial charge in [0.15, 0.2) is 11.6 Å². The second kappa shape index (κ2) is 11.9. The van der Waals surface area contributed by atoms with Crippen molar-refractivity contribution < 1.29 is 13.5 Å².